The largest absolute Gasteiger partial charge is 0.497 e. The SMILES string of the molecule is COc1ccc(C(Nc2cccc(F)c2C#N)c2nccn2C)cc1. The van der Waals surface area contributed by atoms with Crippen LogP contribution in [-0.2, 0) is 7.05 Å². The number of hydrogen-bond donors (Lipinski definition) is 1. The standard InChI is InChI=1S/C19H17FN4O/c1-24-11-10-22-19(24)18(13-6-8-14(25-2)9-7-13)23-17-5-3-4-16(20)15(17)12-21/h3-11,18,23H,1-2H3. The van der Waals surface area contributed by atoms with Gasteiger partial charge in [-0.25, -0.2) is 9.37 Å². The molecular formula is C19H17FN4O. The first-order valence-corrected chi connectivity index (χ1v) is 7.70. The van der Waals surface area contributed by atoms with Crippen molar-refractivity contribution in [3.63, 3.8) is 0 Å². The number of methoxy groups -OCH3 is 1. The summed E-state index contributed by atoms with van der Waals surface area (Å²) >= 11 is 0. The molecule has 3 rings (SSSR count). The van der Waals surface area contributed by atoms with E-state index in [-0.39, 0.29) is 11.6 Å². The van der Waals surface area contributed by atoms with Crippen LogP contribution < -0.4 is 10.1 Å². The Morgan fingerprint density at radius 3 is 2.60 bits per heavy atom. The Hall–Kier alpha value is -3.33. The van der Waals surface area contributed by atoms with Gasteiger partial charge >= 0.3 is 0 Å². The quantitative estimate of drug-likeness (QED) is 0.773. The number of aryl methyl sites for hydroxylation is 1. The molecule has 1 atom stereocenters. The summed E-state index contributed by atoms with van der Waals surface area (Å²) in [5, 5.41) is 12.5. The van der Waals surface area contributed by atoms with Gasteiger partial charge in [0.15, 0.2) is 0 Å². The molecule has 0 bridgehead atoms. The molecule has 1 unspecified atom stereocenters. The van der Waals surface area contributed by atoms with Crippen molar-refractivity contribution in [3.05, 3.63) is 77.6 Å². The fourth-order valence-electron chi connectivity index (χ4n) is 2.66. The number of rotatable bonds is 5. The van der Waals surface area contributed by atoms with Crippen LogP contribution >= 0.6 is 0 Å². The van der Waals surface area contributed by atoms with Crippen molar-refractivity contribution in [2.45, 2.75) is 6.04 Å². The van der Waals surface area contributed by atoms with E-state index in [1.165, 1.54) is 6.07 Å². The molecule has 5 nitrogen and oxygen atoms in total. The molecule has 0 aliphatic rings. The van der Waals surface area contributed by atoms with Crippen LogP contribution in [0.4, 0.5) is 10.1 Å². The summed E-state index contributed by atoms with van der Waals surface area (Å²) in [6.45, 7) is 0. The van der Waals surface area contributed by atoms with Crippen LogP contribution in [0.1, 0.15) is 23.0 Å². The molecule has 0 fully saturated rings. The number of nitriles is 1. The van der Waals surface area contributed by atoms with Crippen molar-refractivity contribution < 1.29 is 9.13 Å². The molecule has 0 saturated heterocycles. The molecule has 0 radical (unpaired) electrons. The minimum absolute atomic E-state index is 0.0183. The summed E-state index contributed by atoms with van der Waals surface area (Å²) in [7, 11) is 3.49. The third kappa shape index (κ3) is 3.31. The first-order chi connectivity index (χ1) is 12.1. The van der Waals surface area contributed by atoms with Crippen LogP contribution in [0.25, 0.3) is 0 Å². The van der Waals surface area contributed by atoms with Gasteiger partial charge in [-0.05, 0) is 29.8 Å². The van der Waals surface area contributed by atoms with Gasteiger partial charge in [0.1, 0.15) is 35.1 Å². The van der Waals surface area contributed by atoms with Gasteiger partial charge in [-0.1, -0.05) is 18.2 Å². The van der Waals surface area contributed by atoms with Gasteiger partial charge in [-0.15, -0.1) is 0 Å². The maximum absolute atomic E-state index is 13.9. The highest BCUT2D eigenvalue weighted by atomic mass is 19.1. The van der Waals surface area contributed by atoms with E-state index in [9.17, 15) is 9.65 Å². The number of imidazole rings is 1. The highest BCUT2D eigenvalue weighted by Crippen LogP contribution is 2.29. The van der Waals surface area contributed by atoms with E-state index in [1.54, 1.807) is 25.4 Å². The molecule has 126 valence electrons. The second-order valence-electron chi connectivity index (χ2n) is 5.52. The zero-order chi connectivity index (χ0) is 17.8. The van der Waals surface area contributed by atoms with E-state index < -0.39 is 5.82 Å². The summed E-state index contributed by atoms with van der Waals surface area (Å²) in [4.78, 5) is 4.40. The molecule has 6 heteroatoms. The van der Waals surface area contributed by atoms with Gasteiger partial charge < -0.3 is 14.6 Å². The Balaban J connectivity index is 2.05. The van der Waals surface area contributed by atoms with Crippen molar-refractivity contribution >= 4 is 5.69 Å². The van der Waals surface area contributed by atoms with Gasteiger partial charge in [-0.3, -0.25) is 0 Å². The topological polar surface area (TPSA) is 62.9 Å². The van der Waals surface area contributed by atoms with E-state index >= 15 is 0 Å². The average molecular weight is 336 g/mol. The molecule has 1 aromatic heterocycles. The van der Waals surface area contributed by atoms with Crippen molar-refractivity contribution in [2.24, 2.45) is 7.05 Å². The van der Waals surface area contributed by atoms with Crippen LogP contribution in [0, 0.1) is 17.1 Å². The van der Waals surface area contributed by atoms with E-state index in [0.717, 1.165) is 17.1 Å². The molecule has 0 aliphatic heterocycles. The minimum Gasteiger partial charge on any atom is -0.497 e. The monoisotopic (exact) mass is 336 g/mol. The van der Waals surface area contributed by atoms with Crippen LogP contribution in [0.15, 0.2) is 54.9 Å². The molecule has 1 N–H and O–H groups in total. The van der Waals surface area contributed by atoms with Gasteiger partial charge in [0.2, 0.25) is 0 Å². The Bertz CT molecular complexity index is 912. The molecule has 2 aromatic carbocycles. The summed E-state index contributed by atoms with van der Waals surface area (Å²) in [5.74, 6) is 0.935. The number of ether oxygens (including phenoxy) is 1. The fourth-order valence-corrected chi connectivity index (χ4v) is 2.66. The fraction of sp³-hybridized carbons (Fsp3) is 0.158. The molecule has 0 amide bonds. The summed E-state index contributed by atoms with van der Waals surface area (Å²) < 4.78 is 21.0. The second kappa shape index (κ2) is 7.05. The van der Waals surface area contributed by atoms with Crippen LogP contribution in [0.3, 0.4) is 0 Å². The van der Waals surface area contributed by atoms with Gasteiger partial charge in [0.25, 0.3) is 0 Å². The first kappa shape index (κ1) is 16.5. The van der Waals surface area contributed by atoms with Gasteiger partial charge in [0, 0.05) is 19.4 Å². The number of benzene rings is 2. The lowest BCUT2D eigenvalue weighted by Gasteiger charge is -2.21. The van der Waals surface area contributed by atoms with E-state index in [2.05, 4.69) is 10.3 Å². The van der Waals surface area contributed by atoms with Crippen LogP contribution in [0.5, 0.6) is 5.75 Å². The van der Waals surface area contributed by atoms with Crippen molar-refractivity contribution in [1.82, 2.24) is 9.55 Å². The third-order valence-corrected chi connectivity index (χ3v) is 3.99. The lowest BCUT2D eigenvalue weighted by molar-refractivity contribution is 0.414. The van der Waals surface area contributed by atoms with Crippen molar-refractivity contribution in [3.8, 4) is 11.8 Å². The summed E-state index contributed by atoms with van der Waals surface area (Å²) in [5.41, 5.74) is 1.32. The summed E-state index contributed by atoms with van der Waals surface area (Å²) in [6.07, 6.45) is 3.54. The number of nitrogens with one attached hydrogen (secondary N) is 1. The number of hydrogen-bond acceptors (Lipinski definition) is 4. The second-order valence-corrected chi connectivity index (χ2v) is 5.52. The van der Waals surface area contributed by atoms with Gasteiger partial charge in [0.05, 0.1) is 12.8 Å². The number of aromatic nitrogens is 2. The third-order valence-electron chi connectivity index (χ3n) is 3.99. The molecule has 0 saturated carbocycles. The van der Waals surface area contributed by atoms with Gasteiger partial charge in [-0.2, -0.15) is 5.26 Å². The highest BCUT2D eigenvalue weighted by molar-refractivity contribution is 5.60. The van der Waals surface area contributed by atoms with Crippen LogP contribution in [-0.4, -0.2) is 16.7 Å². The minimum atomic E-state index is -0.555. The Morgan fingerprint density at radius 1 is 1.24 bits per heavy atom. The van der Waals surface area contributed by atoms with E-state index in [1.807, 2.05) is 48.1 Å². The number of nitrogens with zero attached hydrogens (tertiary/aromatic N) is 3. The number of halogens is 1. The lowest BCUT2D eigenvalue weighted by Crippen LogP contribution is -2.17. The maximum atomic E-state index is 13.9. The molecule has 0 spiro atoms. The zero-order valence-electron chi connectivity index (χ0n) is 13.9. The average Bonchev–Trinajstić information content (AvgIpc) is 3.05. The Morgan fingerprint density at radius 2 is 2.00 bits per heavy atom. The molecule has 25 heavy (non-hydrogen) atoms. The zero-order valence-corrected chi connectivity index (χ0v) is 13.9. The van der Waals surface area contributed by atoms with E-state index in [4.69, 9.17) is 4.74 Å². The molecule has 0 aliphatic carbocycles. The Labute approximate surface area is 145 Å². The number of anilines is 1. The lowest BCUT2D eigenvalue weighted by atomic mass is 10.0. The molecule has 3 aromatic rings. The predicted octanol–water partition coefficient (Wildman–Crippen LogP) is 3.64. The smallest absolute Gasteiger partial charge is 0.143 e. The maximum Gasteiger partial charge on any atom is 0.143 e. The normalized spacial score (nSPS) is 11.6. The molecular weight excluding hydrogens is 319 g/mol. The van der Waals surface area contributed by atoms with Crippen molar-refractivity contribution in [1.29, 1.82) is 5.26 Å². The molecule has 1 heterocycles. The van der Waals surface area contributed by atoms with Crippen molar-refractivity contribution in [2.75, 3.05) is 12.4 Å². The predicted molar refractivity (Wildman–Crippen MR) is 92.8 cm³/mol. The Kier molecular flexibility index (Phi) is 4.66. The first-order valence-electron chi connectivity index (χ1n) is 7.70. The van der Waals surface area contributed by atoms with Crippen LogP contribution in [0.2, 0.25) is 0 Å². The summed E-state index contributed by atoms with van der Waals surface area (Å²) in [6, 6.07) is 13.6. The highest BCUT2D eigenvalue weighted by Gasteiger charge is 2.20. The van der Waals surface area contributed by atoms with E-state index in [0.29, 0.717) is 5.69 Å².